The van der Waals surface area contributed by atoms with E-state index in [0.29, 0.717) is 23.4 Å². The Hall–Kier alpha value is -0.953. The Balaban J connectivity index is 1.96. The quantitative estimate of drug-likeness (QED) is 0.588. The monoisotopic (exact) mass is 373 g/mol. The molecule has 0 N–H and O–H groups in total. The van der Waals surface area contributed by atoms with Crippen LogP contribution in [0.5, 0.6) is 0 Å². The second-order valence-corrected chi connectivity index (χ2v) is 12.4. The van der Waals surface area contributed by atoms with Crippen molar-refractivity contribution >= 4 is 35.8 Å². The average molecular weight is 374 g/mol. The van der Waals surface area contributed by atoms with Gasteiger partial charge in [0.1, 0.15) is 0 Å². The van der Waals surface area contributed by atoms with Gasteiger partial charge in [0.2, 0.25) is 0 Å². The normalized spacial score (nSPS) is 15.8. The SMILES string of the molecule is CC(C)(C)[Si](C)(C)ON=C1CN(c2ncc(Br)cc2F)C1. The summed E-state index contributed by atoms with van der Waals surface area (Å²) in [6.45, 7) is 12.0. The molecule has 1 aliphatic rings. The molecule has 1 aromatic heterocycles. The summed E-state index contributed by atoms with van der Waals surface area (Å²) in [5.41, 5.74) is 0.934. The van der Waals surface area contributed by atoms with Crippen LogP contribution < -0.4 is 4.90 Å². The van der Waals surface area contributed by atoms with Gasteiger partial charge >= 0.3 is 0 Å². The number of aromatic nitrogens is 1. The molecule has 0 spiro atoms. The summed E-state index contributed by atoms with van der Waals surface area (Å²) < 4.78 is 20.2. The first kappa shape index (κ1) is 16.4. The van der Waals surface area contributed by atoms with Gasteiger partial charge in [-0.2, -0.15) is 0 Å². The molecule has 1 aromatic rings. The molecule has 1 saturated heterocycles. The van der Waals surface area contributed by atoms with E-state index in [1.54, 1.807) is 6.20 Å². The third-order valence-electron chi connectivity index (χ3n) is 4.04. The van der Waals surface area contributed by atoms with Crippen LogP contribution in [0, 0.1) is 5.82 Å². The van der Waals surface area contributed by atoms with E-state index >= 15 is 0 Å². The zero-order valence-electron chi connectivity index (χ0n) is 13.1. The molecular weight excluding hydrogens is 353 g/mol. The van der Waals surface area contributed by atoms with E-state index < -0.39 is 8.32 Å². The Morgan fingerprint density at radius 1 is 1.38 bits per heavy atom. The van der Waals surface area contributed by atoms with Crippen molar-refractivity contribution < 1.29 is 8.92 Å². The minimum atomic E-state index is -1.87. The lowest BCUT2D eigenvalue weighted by Crippen LogP contribution is -2.49. The van der Waals surface area contributed by atoms with E-state index in [9.17, 15) is 4.39 Å². The Morgan fingerprint density at radius 3 is 2.52 bits per heavy atom. The first-order valence-electron chi connectivity index (χ1n) is 6.90. The largest absolute Gasteiger partial charge is 0.455 e. The van der Waals surface area contributed by atoms with Gasteiger partial charge < -0.3 is 9.43 Å². The summed E-state index contributed by atoms with van der Waals surface area (Å²) in [5.74, 6) is 0.0400. The van der Waals surface area contributed by atoms with Gasteiger partial charge in [0, 0.05) is 10.7 Å². The number of anilines is 1. The van der Waals surface area contributed by atoms with Crippen molar-refractivity contribution in [3.8, 4) is 0 Å². The fraction of sp³-hybridized carbons (Fsp3) is 0.571. The molecular formula is C14H21BrFN3OSi. The topological polar surface area (TPSA) is 37.7 Å². The van der Waals surface area contributed by atoms with Crippen LogP contribution in [-0.4, -0.2) is 32.1 Å². The maximum atomic E-state index is 13.8. The summed E-state index contributed by atoms with van der Waals surface area (Å²) >= 11 is 3.20. The van der Waals surface area contributed by atoms with Gasteiger partial charge in [-0.25, -0.2) is 9.37 Å². The van der Waals surface area contributed by atoms with Crippen LogP contribution in [0.3, 0.4) is 0 Å². The van der Waals surface area contributed by atoms with Gasteiger partial charge in [0.15, 0.2) is 11.6 Å². The van der Waals surface area contributed by atoms with Crippen molar-refractivity contribution in [1.29, 1.82) is 0 Å². The molecule has 1 fully saturated rings. The fourth-order valence-electron chi connectivity index (χ4n) is 1.56. The summed E-state index contributed by atoms with van der Waals surface area (Å²) in [6.07, 6.45) is 1.60. The van der Waals surface area contributed by atoms with Crippen molar-refractivity contribution in [2.24, 2.45) is 5.16 Å². The molecule has 0 radical (unpaired) electrons. The Morgan fingerprint density at radius 2 is 2.00 bits per heavy atom. The van der Waals surface area contributed by atoms with Gasteiger partial charge in [-0.1, -0.05) is 20.8 Å². The molecule has 0 unspecified atom stereocenters. The molecule has 0 amide bonds. The van der Waals surface area contributed by atoms with Crippen LogP contribution in [-0.2, 0) is 4.53 Å². The van der Waals surface area contributed by atoms with Crippen LogP contribution in [0.15, 0.2) is 21.9 Å². The molecule has 21 heavy (non-hydrogen) atoms. The number of hydrogen-bond acceptors (Lipinski definition) is 4. The zero-order chi connectivity index (χ0) is 15.8. The van der Waals surface area contributed by atoms with Crippen molar-refractivity contribution in [2.75, 3.05) is 18.0 Å². The molecule has 0 atom stereocenters. The van der Waals surface area contributed by atoms with E-state index in [4.69, 9.17) is 4.53 Å². The second kappa shape index (κ2) is 5.68. The zero-order valence-corrected chi connectivity index (χ0v) is 15.7. The number of halogens is 2. The Bertz CT molecular complexity index is 564. The number of pyridine rings is 1. The summed E-state index contributed by atoms with van der Waals surface area (Å²) in [5, 5.41) is 4.39. The predicted molar refractivity (Wildman–Crippen MR) is 89.8 cm³/mol. The first-order valence-corrected chi connectivity index (χ1v) is 10.6. The molecule has 0 aromatic carbocycles. The van der Waals surface area contributed by atoms with Gasteiger partial charge in [-0.15, -0.1) is 5.16 Å². The van der Waals surface area contributed by atoms with Gasteiger partial charge in [-0.05, 0) is 40.1 Å². The highest BCUT2D eigenvalue weighted by Gasteiger charge is 2.40. The first-order chi connectivity index (χ1) is 9.60. The van der Waals surface area contributed by atoms with Gasteiger partial charge in [0.25, 0.3) is 8.32 Å². The lowest BCUT2D eigenvalue weighted by Gasteiger charge is -2.36. The molecule has 0 saturated carbocycles. The highest BCUT2D eigenvalue weighted by molar-refractivity contribution is 9.10. The van der Waals surface area contributed by atoms with E-state index in [0.717, 1.165) is 5.71 Å². The van der Waals surface area contributed by atoms with Crippen molar-refractivity contribution in [1.82, 2.24) is 4.98 Å². The van der Waals surface area contributed by atoms with Crippen molar-refractivity contribution in [3.05, 3.63) is 22.6 Å². The lowest BCUT2D eigenvalue weighted by atomic mass is 10.2. The summed E-state index contributed by atoms with van der Waals surface area (Å²) in [6, 6.07) is 1.42. The van der Waals surface area contributed by atoms with Crippen LogP contribution in [0.4, 0.5) is 10.2 Å². The lowest BCUT2D eigenvalue weighted by molar-refractivity contribution is 0.305. The second-order valence-electron chi connectivity index (χ2n) is 6.82. The van der Waals surface area contributed by atoms with Gasteiger partial charge in [0.05, 0.1) is 18.8 Å². The molecule has 1 aliphatic heterocycles. The predicted octanol–water partition coefficient (Wildman–Crippen LogP) is 4.18. The number of rotatable bonds is 3. The average Bonchev–Trinajstić information content (AvgIpc) is 2.27. The Labute approximate surface area is 134 Å². The summed E-state index contributed by atoms with van der Waals surface area (Å²) in [7, 11) is -1.87. The minimum Gasteiger partial charge on any atom is -0.455 e. The molecule has 0 bridgehead atoms. The molecule has 7 heteroatoms. The third kappa shape index (κ3) is 3.63. The summed E-state index contributed by atoms with van der Waals surface area (Å²) in [4.78, 5) is 5.94. The Kier molecular flexibility index (Phi) is 4.44. The smallest absolute Gasteiger partial charge is 0.286 e. The standard InChI is InChI=1S/C14H21BrFN3OSi/c1-14(2,3)21(4,5)20-18-11-8-19(9-11)13-12(16)6-10(15)7-17-13/h6-7H,8-9H2,1-5H3. The van der Waals surface area contributed by atoms with Crippen molar-refractivity contribution in [2.45, 2.75) is 38.9 Å². The molecule has 0 aliphatic carbocycles. The van der Waals surface area contributed by atoms with Crippen LogP contribution in [0.1, 0.15) is 20.8 Å². The highest BCUT2D eigenvalue weighted by atomic mass is 79.9. The van der Waals surface area contributed by atoms with E-state index in [-0.39, 0.29) is 10.9 Å². The van der Waals surface area contributed by atoms with Crippen LogP contribution in [0.25, 0.3) is 0 Å². The van der Waals surface area contributed by atoms with E-state index in [1.807, 2.05) is 4.90 Å². The molecule has 2 heterocycles. The van der Waals surface area contributed by atoms with Crippen molar-refractivity contribution in [3.63, 3.8) is 0 Å². The molecule has 2 rings (SSSR count). The minimum absolute atomic E-state index is 0.125. The van der Waals surface area contributed by atoms with Gasteiger partial charge in [-0.3, -0.25) is 0 Å². The number of nitrogens with zero attached hydrogens (tertiary/aromatic N) is 3. The van der Waals surface area contributed by atoms with Crippen LogP contribution in [0.2, 0.25) is 18.1 Å². The fourth-order valence-corrected chi connectivity index (χ4v) is 2.49. The number of oxime groups is 1. The van der Waals surface area contributed by atoms with E-state index in [1.165, 1.54) is 6.07 Å². The van der Waals surface area contributed by atoms with Crippen LogP contribution >= 0.6 is 15.9 Å². The third-order valence-corrected chi connectivity index (χ3v) is 8.64. The number of hydrogen-bond donors (Lipinski definition) is 0. The maximum absolute atomic E-state index is 13.8. The van der Waals surface area contributed by atoms with E-state index in [2.05, 4.69) is 59.9 Å². The maximum Gasteiger partial charge on any atom is 0.286 e. The molecule has 116 valence electrons. The molecule has 4 nitrogen and oxygen atoms in total. The highest BCUT2D eigenvalue weighted by Crippen LogP contribution is 2.36.